The molecule has 95 heavy (non-hydrogen) atoms. The van der Waals surface area contributed by atoms with Crippen molar-refractivity contribution in [3.05, 3.63) is 71.8 Å². The summed E-state index contributed by atoms with van der Waals surface area (Å²) in [5, 5.41) is 0. The molecule has 0 aliphatic carbocycles. The normalized spacial score (nSPS) is 23.7. The van der Waals surface area contributed by atoms with E-state index < -0.39 is 66.2 Å². The summed E-state index contributed by atoms with van der Waals surface area (Å²) < 4.78 is 135. The number of esters is 2. The number of hydrogen-bond donors (Lipinski definition) is 0. The minimum atomic E-state index is -1.83. The summed E-state index contributed by atoms with van der Waals surface area (Å²) in [6.45, 7) is 24.3. The zero-order valence-electron chi connectivity index (χ0n) is 57.4. The Balaban J connectivity index is 0.785. The van der Waals surface area contributed by atoms with Crippen molar-refractivity contribution < 1.29 is 119 Å². The van der Waals surface area contributed by atoms with Crippen molar-refractivity contribution in [3.8, 4) is 0 Å². The first-order chi connectivity index (χ1) is 46.2. The molecular formula is C66H108B2NO25P. The third-order valence-corrected chi connectivity index (χ3v) is 17.5. The molecule has 3 heterocycles. The Morgan fingerprint density at radius 1 is 0.642 bits per heavy atom. The molecule has 3 fully saturated rings. The first-order valence-electron chi connectivity index (χ1n) is 33.5. The topological polar surface area (TPSA) is 265 Å². The number of rotatable bonds is 54. The average Bonchev–Trinajstić information content (AvgIpc) is 1.65. The van der Waals surface area contributed by atoms with Crippen molar-refractivity contribution in [1.82, 2.24) is 4.90 Å². The van der Waals surface area contributed by atoms with Crippen LogP contribution in [-0.2, 0) is 127 Å². The third kappa shape index (κ3) is 32.4. The number of carbonyl (C=O) groups is 3. The molecule has 5 rings (SSSR count). The van der Waals surface area contributed by atoms with Gasteiger partial charge in [-0.3, -0.25) is 0 Å². The van der Waals surface area contributed by atoms with Crippen LogP contribution in [-0.4, -0.2) is 276 Å². The molecule has 0 aromatic heterocycles. The van der Waals surface area contributed by atoms with Crippen molar-refractivity contribution in [2.24, 2.45) is 17.8 Å². The van der Waals surface area contributed by atoms with Crippen molar-refractivity contribution in [2.45, 2.75) is 129 Å². The van der Waals surface area contributed by atoms with Crippen molar-refractivity contribution in [3.63, 3.8) is 0 Å². The van der Waals surface area contributed by atoms with Crippen molar-refractivity contribution in [1.29, 1.82) is 0 Å². The molecule has 3 aliphatic rings. The van der Waals surface area contributed by atoms with E-state index in [9.17, 15) is 19.1 Å². The standard InChI is InChI=1S/C66H108B2NO25P/c1-9-50(2)58-61(95-68-67-73)52(4)59(90-53(5)70)62(92-58)91-57-51(3)46-66(63(71)74-8,94-60(57)56-49-89-65(6,7)93-56)88-45-44-86-43-42-85-41-40-84-39-38-83-37-36-82-35-34-81-33-32-80-31-30-79-29-28-78-27-26-77-25-24-76-23-22-75-21-20-69(47-54-16-12-10-13-17-54)64(72)87-48-55-18-14-11-15-19-55/h10-19,50-52,56-62,68,95H,9,20-49H2,1-8H3/t50-,51+,52+,56+,57+,58?,59?,60?,61-,62-,66+/m0/s1. The zero-order valence-corrected chi connectivity index (χ0v) is 58.4. The summed E-state index contributed by atoms with van der Waals surface area (Å²) >= 11 is 0. The second-order valence-electron chi connectivity index (χ2n) is 23.5. The first kappa shape index (κ1) is 82.0. The molecular weight excluding hydrogens is 1260 g/mol. The fourth-order valence-corrected chi connectivity index (χ4v) is 12.3. The summed E-state index contributed by atoms with van der Waals surface area (Å²) in [4.78, 5) is 40.7. The van der Waals surface area contributed by atoms with Gasteiger partial charge in [0, 0.05) is 13.1 Å². The van der Waals surface area contributed by atoms with E-state index in [0.29, 0.717) is 165 Å². The maximum atomic E-state index is 13.7. The van der Waals surface area contributed by atoms with Crippen LogP contribution in [0, 0.1) is 17.8 Å². The number of carbonyl (C=O) groups excluding carboxylic acids is 3. The minimum absolute atomic E-state index is 0.00339. The average molecular weight is 1370 g/mol. The first-order valence-corrected chi connectivity index (χ1v) is 34.8. The zero-order chi connectivity index (χ0) is 68.2. The van der Waals surface area contributed by atoms with Gasteiger partial charge in [0.15, 0.2) is 0 Å². The van der Waals surface area contributed by atoms with E-state index in [0.717, 1.165) is 24.6 Å². The molecule has 0 saturated carbocycles. The quantitative estimate of drug-likeness (QED) is 0.0257. The van der Waals surface area contributed by atoms with Crippen LogP contribution in [0.25, 0.3) is 0 Å². The van der Waals surface area contributed by atoms with Gasteiger partial charge in [-0.25, -0.2) is 9.59 Å². The maximum absolute atomic E-state index is 13.7. The molecule has 4 unspecified atom stereocenters. The van der Waals surface area contributed by atoms with E-state index in [-0.39, 0.29) is 71.5 Å². The van der Waals surface area contributed by atoms with Crippen molar-refractivity contribution in [2.75, 3.05) is 185 Å². The molecule has 2 aromatic carbocycles. The molecule has 3 aliphatic heterocycles. The van der Waals surface area contributed by atoms with Gasteiger partial charge in [0.1, 0.15) is 6.61 Å². The number of ether oxygens (including phenoxy) is 21. The Morgan fingerprint density at radius 3 is 1.52 bits per heavy atom. The summed E-state index contributed by atoms with van der Waals surface area (Å²) in [5.74, 6) is -4.44. The van der Waals surface area contributed by atoms with Crippen LogP contribution in [0.1, 0.15) is 72.4 Å². The van der Waals surface area contributed by atoms with E-state index in [1.165, 1.54) is 14.0 Å². The molecule has 12 atom stereocenters. The van der Waals surface area contributed by atoms with Gasteiger partial charge in [0.25, 0.3) is 0 Å². The number of methoxy groups -OCH3 is 1. The van der Waals surface area contributed by atoms with Gasteiger partial charge < -0.3 is 71.2 Å². The summed E-state index contributed by atoms with van der Waals surface area (Å²) in [5.41, 5.74) is 1.90. The Kier molecular flexibility index (Phi) is 42.2. The van der Waals surface area contributed by atoms with Gasteiger partial charge in [-0.2, -0.15) is 0 Å². The van der Waals surface area contributed by atoms with Gasteiger partial charge in [-0.15, -0.1) is 0 Å². The molecule has 538 valence electrons. The van der Waals surface area contributed by atoms with Crippen molar-refractivity contribution >= 4 is 40.4 Å². The molecule has 1 amide bonds. The van der Waals surface area contributed by atoms with Gasteiger partial charge in [-0.05, 0) is 25.0 Å². The predicted molar refractivity (Wildman–Crippen MR) is 351 cm³/mol. The summed E-state index contributed by atoms with van der Waals surface area (Å²) in [6.07, 6.45) is -3.85. The second-order valence-corrected chi connectivity index (χ2v) is 25.0. The van der Waals surface area contributed by atoms with E-state index in [2.05, 4.69) is 13.8 Å². The molecule has 0 spiro atoms. The Bertz CT molecular complexity index is 2330. The van der Waals surface area contributed by atoms with Crippen LogP contribution >= 0.6 is 8.46 Å². The SMILES string of the molecule is CC[C@H](C)C1O[C@H](O[C@H]2C([C@H]3COC(C)(C)O3)O[C@@](OCCOCCOCCOCCOCCOCCOCCOCCOCCOCCOCCOCCOCCN(Cc3ccccc3)C(=O)OCc3ccccc3)(C(=O)OC)C[C@H]2C)C(OC(C)=O)[C@@H](C)[C@@H]1PBB=O. The van der Waals surface area contributed by atoms with Gasteiger partial charge >= 0.3 is 209 Å². The predicted octanol–water partition coefficient (Wildman–Crippen LogP) is 5.57. The van der Waals surface area contributed by atoms with E-state index in [4.69, 9.17) is 99.5 Å². The van der Waals surface area contributed by atoms with Crippen LogP contribution < -0.4 is 0 Å². The van der Waals surface area contributed by atoms with Crippen LogP contribution in [0.4, 0.5) is 4.79 Å². The van der Waals surface area contributed by atoms with Crippen LogP contribution in [0.3, 0.4) is 0 Å². The van der Waals surface area contributed by atoms with Crippen LogP contribution in [0.2, 0.25) is 0 Å². The molecule has 0 N–H and O–H groups in total. The fourth-order valence-electron chi connectivity index (χ4n) is 10.7. The van der Waals surface area contributed by atoms with E-state index in [1.807, 2.05) is 74.5 Å². The third-order valence-electron chi connectivity index (χ3n) is 15.8. The van der Waals surface area contributed by atoms with Gasteiger partial charge in [0.05, 0.1) is 172 Å². The molecule has 0 radical (unpaired) electrons. The number of benzene rings is 2. The van der Waals surface area contributed by atoms with Gasteiger partial charge in [-0.1, -0.05) is 60.7 Å². The summed E-state index contributed by atoms with van der Waals surface area (Å²) in [7, 11) is 2.46. The fraction of sp³-hybridized carbons (Fsp3) is 0.773. The number of hydrogen-bond acceptors (Lipinski definition) is 25. The second kappa shape index (κ2) is 48.9. The van der Waals surface area contributed by atoms with Crippen LogP contribution in [0.15, 0.2) is 60.7 Å². The van der Waals surface area contributed by atoms with Crippen LogP contribution in [0.5, 0.6) is 0 Å². The Labute approximate surface area is 565 Å². The monoisotopic (exact) mass is 1370 g/mol. The Morgan fingerprint density at radius 2 is 1.09 bits per heavy atom. The molecule has 3 saturated heterocycles. The molecule has 2 aromatic rings. The number of amides is 1. The number of nitrogens with zero attached hydrogens (tertiary/aromatic N) is 1. The summed E-state index contributed by atoms with van der Waals surface area (Å²) in [6, 6.07) is 19.4. The van der Waals surface area contributed by atoms with E-state index in [1.54, 1.807) is 18.7 Å². The molecule has 26 nitrogen and oxygen atoms in total. The van der Waals surface area contributed by atoms with Gasteiger partial charge in [0.2, 0.25) is 0 Å². The van der Waals surface area contributed by atoms with E-state index >= 15 is 0 Å². The molecule has 29 heteroatoms. The Hall–Kier alpha value is -3.71. The molecule has 0 bridgehead atoms.